The summed E-state index contributed by atoms with van der Waals surface area (Å²) < 4.78 is 13.1. The fourth-order valence-corrected chi connectivity index (χ4v) is 1.75. The normalized spacial score (nSPS) is 10.3. The average molecular weight is 300 g/mol. The van der Waals surface area contributed by atoms with Crippen LogP contribution in [-0.4, -0.2) is 10.9 Å². The summed E-state index contributed by atoms with van der Waals surface area (Å²) in [4.78, 5) is 15.8. The van der Waals surface area contributed by atoms with Crippen LogP contribution in [0.3, 0.4) is 0 Å². The van der Waals surface area contributed by atoms with E-state index in [1.807, 2.05) is 0 Å². The minimum Gasteiger partial charge on any atom is -0.384 e. The standard InChI is InChI=1S/C12H8Cl2FN3O/c13-7-2-1-6(15)5-9(7)17-12(19)11-8(14)3-4-10(16)18-11/h1-5H,(H2,16,18)(H,17,19). The predicted octanol–water partition coefficient (Wildman–Crippen LogP) is 3.36. The van der Waals surface area contributed by atoms with Crippen molar-refractivity contribution >= 4 is 40.6 Å². The third-order valence-electron chi connectivity index (χ3n) is 2.26. The molecular weight excluding hydrogens is 292 g/mol. The minimum absolute atomic E-state index is 0.0537. The van der Waals surface area contributed by atoms with Crippen LogP contribution in [0.4, 0.5) is 15.9 Å². The van der Waals surface area contributed by atoms with Gasteiger partial charge in [-0.05, 0) is 30.3 Å². The van der Waals surface area contributed by atoms with E-state index in [9.17, 15) is 9.18 Å². The third kappa shape index (κ3) is 3.13. The van der Waals surface area contributed by atoms with Crippen molar-refractivity contribution < 1.29 is 9.18 Å². The van der Waals surface area contributed by atoms with Crippen molar-refractivity contribution in [3.63, 3.8) is 0 Å². The van der Waals surface area contributed by atoms with Crippen LogP contribution in [0.25, 0.3) is 0 Å². The second-order valence-corrected chi connectivity index (χ2v) is 4.46. The third-order valence-corrected chi connectivity index (χ3v) is 2.89. The number of rotatable bonds is 2. The van der Waals surface area contributed by atoms with Gasteiger partial charge in [0, 0.05) is 0 Å². The molecule has 0 fully saturated rings. The smallest absolute Gasteiger partial charge is 0.275 e. The van der Waals surface area contributed by atoms with Gasteiger partial charge in [0.15, 0.2) is 0 Å². The molecule has 0 unspecified atom stereocenters. The summed E-state index contributed by atoms with van der Waals surface area (Å²) in [6.45, 7) is 0. The zero-order chi connectivity index (χ0) is 14.0. The van der Waals surface area contributed by atoms with E-state index in [2.05, 4.69) is 10.3 Å². The maximum Gasteiger partial charge on any atom is 0.275 e. The highest BCUT2D eigenvalue weighted by atomic mass is 35.5. The van der Waals surface area contributed by atoms with Crippen LogP contribution < -0.4 is 11.1 Å². The number of nitrogens with one attached hydrogen (secondary N) is 1. The highest BCUT2D eigenvalue weighted by Gasteiger charge is 2.14. The van der Waals surface area contributed by atoms with Crippen LogP contribution in [-0.2, 0) is 0 Å². The first-order chi connectivity index (χ1) is 8.97. The van der Waals surface area contributed by atoms with E-state index < -0.39 is 11.7 Å². The van der Waals surface area contributed by atoms with Crippen molar-refractivity contribution in [3.05, 3.63) is 51.9 Å². The second-order valence-electron chi connectivity index (χ2n) is 3.64. The Bertz CT molecular complexity index is 649. The maximum absolute atomic E-state index is 13.1. The van der Waals surface area contributed by atoms with Gasteiger partial charge in [0.2, 0.25) is 0 Å². The molecule has 1 heterocycles. The van der Waals surface area contributed by atoms with E-state index in [-0.39, 0.29) is 27.2 Å². The Kier molecular flexibility index (Phi) is 3.87. The molecule has 0 aliphatic carbocycles. The zero-order valence-corrected chi connectivity index (χ0v) is 11.0. The number of nitrogens with zero attached hydrogens (tertiary/aromatic N) is 1. The van der Waals surface area contributed by atoms with Crippen LogP contribution in [0.5, 0.6) is 0 Å². The molecule has 0 radical (unpaired) electrons. The van der Waals surface area contributed by atoms with Gasteiger partial charge in [0.1, 0.15) is 17.3 Å². The number of anilines is 2. The molecule has 0 aliphatic rings. The minimum atomic E-state index is -0.621. The molecule has 0 saturated heterocycles. The first kappa shape index (κ1) is 13.6. The lowest BCUT2D eigenvalue weighted by Crippen LogP contribution is -2.15. The van der Waals surface area contributed by atoms with Gasteiger partial charge in [-0.1, -0.05) is 23.2 Å². The van der Waals surface area contributed by atoms with Crippen molar-refractivity contribution in [1.29, 1.82) is 0 Å². The quantitative estimate of drug-likeness (QED) is 0.893. The molecule has 7 heteroatoms. The molecule has 2 rings (SSSR count). The van der Waals surface area contributed by atoms with Gasteiger partial charge in [-0.2, -0.15) is 0 Å². The number of amides is 1. The van der Waals surface area contributed by atoms with Crippen LogP contribution in [0.2, 0.25) is 10.0 Å². The molecule has 3 N–H and O–H groups in total. The highest BCUT2D eigenvalue weighted by molar-refractivity contribution is 6.35. The van der Waals surface area contributed by atoms with Crippen molar-refractivity contribution in [3.8, 4) is 0 Å². The van der Waals surface area contributed by atoms with Crippen molar-refractivity contribution in [1.82, 2.24) is 4.98 Å². The maximum atomic E-state index is 13.1. The van der Waals surface area contributed by atoms with Gasteiger partial charge in [0.25, 0.3) is 5.91 Å². The molecule has 19 heavy (non-hydrogen) atoms. The van der Waals surface area contributed by atoms with Crippen molar-refractivity contribution in [2.24, 2.45) is 0 Å². The summed E-state index contributed by atoms with van der Waals surface area (Å²) in [5.41, 5.74) is 5.55. The summed E-state index contributed by atoms with van der Waals surface area (Å²) in [7, 11) is 0. The molecule has 1 aromatic carbocycles. The summed E-state index contributed by atoms with van der Waals surface area (Å²) in [6, 6.07) is 6.53. The van der Waals surface area contributed by atoms with E-state index >= 15 is 0 Å². The zero-order valence-electron chi connectivity index (χ0n) is 9.45. The Morgan fingerprint density at radius 1 is 1.21 bits per heavy atom. The van der Waals surface area contributed by atoms with Crippen LogP contribution >= 0.6 is 23.2 Å². The topological polar surface area (TPSA) is 68.0 Å². The molecule has 2 aromatic rings. The summed E-state index contributed by atoms with van der Waals surface area (Å²) >= 11 is 11.7. The number of hydrogen-bond donors (Lipinski definition) is 2. The molecule has 0 saturated carbocycles. The van der Waals surface area contributed by atoms with Gasteiger partial charge in [0.05, 0.1) is 15.7 Å². The molecular formula is C12H8Cl2FN3O. The van der Waals surface area contributed by atoms with Gasteiger partial charge in [-0.25, -0.2) is 9.37 Å². The highest BCUT2D eigenvalue weighted by Crippen LogP contribution is 2.24. The first-order valence-corrected chi connectivity index (χ1v) is 5.91. The summed E-state index contributed by atoms with van der Waals surface area (Å²) in [6.07, 6.45) is 0. The Hall–Kier alpha value is -1.85. The van der Waals surface area contributed by atoms with E-state index in [1.54, 1.807) is 0 Å². The van der Waals surface area contributed by atoms with E-state index in [1.165, 1.54) is 24.3 Å². The number of nitrogens with two attached hydrogens (primary N) is 1. The largest absolute Gasteiger partial charge is 0.384 e. The SMILES string of the molecule is Nc1ccc(Cl)c(C(=O)Nc2cc(F)ccc2Cl)n1. The number of benzene rings is 1. The molecule has 0 spiro atoms. The molecule has 1 amide bonds. The molecule has 1 aromatic heterocycles. The average Bonchev–Trinajstić information content (AvgIpc) is 2.36. The Morgan fingerprint density at radius 3 is 2.63 bits per heavy atom. The molecule has 0 aliphatic heterocycles. The lowest BCUT2D eigenvalue weighted by atomic mass is 10.2. The molecule has 98 valence electrons. The monoisotopic (exact) mass is 299 g/mol. The van der Waals surface area contributed by atoms with E-state index in [4.69, 9.17) is 28.9 Å². The number of carbonyl (C=O) groups is 1. The number of halogens is 3. The summed E-state index contributed by atoms with van der Waals surface area (Å²) in [5, 5.41) is 2.76. The number of carbonyl (C=O) groups excluding carboxylic acids is 1. The molecule has 0 atom stereocenters. The van der Waals surface area contributed by atoms with Crippen LogP contribution in [0.1, 0.15) is 10.5 Å². The lowest BCUT2D eigenvalue weighted by Gasteiger charge is -2.08. The summed E-state index contributed by atoms with van der Waals surface area (Å²) in [5.74, 6) is -0.990. The molecule has 0 bridgehead atoms. The number of nitrogen functional groups attached to an aromatic ring is 1. The van der Waals surface area contributed by atoms with Crippen LogP contribution in [0.15, 0.2) is 30.3 Å². The van der Waals surface area contributed by atoms with Gasteiger partial charge >= 0.3 is 0 Å². The second kappa shape index (κ2) is 5.42. The van der Waals surface area contributed by atoms with Crippen molar-refractivity contribution in [2.45, 2.75) is 0 Å². The first-order valence-electron chi connectivity index (χ1n) is 5.16. The Labute approximate surface area is 118 Å². The number of aromatic nitrogens is 1. The van der Waals surface area contributed by atoms with Crippen LogP contribution in [0, 0.1) is 5.82 Å². The lowest BCUT2D eigenvalue weighted by molar-refractivity contribution is 0.102. The fourth-order valence-electron chi connectivity index (χ4n) is 1.39. The Balaban J connectivity index is 2.30. The van der Waals surface area contributed by atoms with Gasteiger partial charge in [-0.15, -0.1) is 0 Å². The van der Waals surface area contributed by atoms with Gasteiger partial charge in [-0.3, -0.25) is 4.79 Å². The van der Waals surface area contributed by atoms with Gasteiger partial charge < -0.3 is 11.1 Å². The Morgan fingerprint density at radius 2 is 1.89 bits per heavy atom. The number of pyridine rings is 1. The number of hydrogen-bond acceptors (Lipinski definition) is 3. The fraction of sp³-hybridized carbons (Fsp3) is 0. The molecule has 4 nitrogen and oxygen atoms in total. The van der Waals surface area contributed by atoms with Crippen molar-refractivity contribution in [2.75, 3.05) is 11.1 Å². The van der Waals surface area contributed by atoms with E-state index in [0.717, 1.165) is 6.07 Å². The predicted molar refractivity (Wildman–Crippen MR) is 73.0 cm³/mol. The van der Waals surface area contributed by atoms with E-state index in [0.29, 0.717) is 0 Å².